The Morgan fingerprint density at radius 3 is 3.05 bits per heavy atom. The Hall–Kier alpha value is -1.61. The van der Waals surface area contributed by atoms with Crippen LogP contribution in [-0.2, 0) is 17.6 Å². The number of carbonyl (C=O) groups is 1. The minimum atomic E-state index is 0.160. The van der Waals surface area contributed by atoms with Gasteiger partial charge in [-0.25, -0.2) is 0 Å². The molecule has 3 rings (SSSR count). The highest BCUT2D eigenvalue weighted by molar-refractivity contribution is 7.07. The van der Waals surface area contributed by atoms with E-state index in [9.17, 15) is 4.79 Å². The lowest BCUT2D eigenvalue weighted by molar-refractivity contribution is -0.121. The fourth-order valence-electron chi connectivity index (χ4n) is 2.67. The minimum absolute atomic E-state index is 0.160. The van der Waals surface area contributed by atoms with Crippen molar-refractivity contribution in [2.75, 3.05) is 0 Å². The van der Waals surface area contributed by atoms with Gasteiger partial charge < -0.3 is 5.32 Å². The maximum absolute atomic E-state index is 12.0. The van der Waals surface area contributed by atoms with Crippen LogP contribution in [0.15, 0.2) is 41.1 Å². The molecule has 3 heteroatoms. The monoisotopic (exact) mass is 271 g/mol. The normalized spacial score (nSPS) is 17.2. The van der Waals surface area contributed by atoms with Crippen molar-refractivity contribution in [2.45, 2.75) is 31.7 Å². The summed E-state index contributed by atoms with van der Waals surface area (Å²) in [6.45, 7) is 0. The molecule has 1 atom stereocenters. The first-order valence-corrected chi connectivity index (χ1v) is 7.65. The van der Waals surface area contributed by atoms with Crippen molar-refractivity contribution < 1.29 is 4.79 Å². The summed E-state index contributed by atoms with van der Waals surface area (Å²) in [5.41, 5.74) is 3.93. The van der Waals surface area contributed by atoms with Crippen LogP contribution in [0.4, 0.5) is 0 Å². The van der Waals surface area contributed by atoms with Crippen LogP contribution in [0.3, 0.4) is 0 Å². The second kappa shape index (κ2) is 5.57. The summed E-state index contributed by atoms with van der Waals surface area (Å²) < 4.78 is 0. The van der Waals surface area contributed by atoms with E-state index in [0.717, 1.165) is 19.3 Å². The predicted molar refractivity (Wildman–Crippen MR) is 78.3 cm³/mol. The highest BCUT2D eigenvalue weighted by atomic mass is 32.1. The fraction of sp³-hybridized carbons (Fsp3) is 0.312. The maximum atomic E-state index is 12.0. The maximum Gasteiger partial charge on any atom is 0.220 e. The summed E-state index contributed by atoms with van der Waals surface area (Å²) in [6.07, 6.45) is 3.52. The van der Waals surface area contributed by atoms with Crippen LogP contribution < -0.4 is 5.32 Å². The zero-order valence-corrected chi connectivity index (χ0v) is 11.6. The molecule has 1 aliphatic rings. The molecule has 1 amide bonds. The highest BCUT2D eigenvalue weighted by Gasteiger charge is 2.22. The van der Waals surface area contributed by atoms with Gasteiger partial charge in [0, 0.05) is 6.42 Å². The number of nitrogens with one attached hydrogen (secondary N) is 1. The number of hydrogen-bond acceptors (Lipinski definition) is 2. The molecule has 1 heterocycles. The van der Waals surface area contributed by atoms with Crippen LogP contribution in [0.5, 0.6) is 0 Å². The van der Waals surface area contributed by atoms with Gasteiger partial charge in [0.1, 0.15) is 0 Å². The lowest BCUT2D eigenvalue weighted by atomic mass is 10.1. The SMILES string of the molecule is O=C(CCc1ccsc1)NC1CCc2ccccc21. The second-order valence-electron chi connectivity index (χ2n) is 4.99. The Kier molecular flexibility index (Phi) is 3.65. The molecular formula is C16H17NOS. The first-order chi connectivity index (χ1) is 9.33. The smallest absolute Gasteiger partial charge is 0.220 e. The Bertz CT molecular complexity index is 562. The lowest BCUT2D eigenvalue weighted by Crippen LogP contribution is -2.27. The third-order valence-corrected chi connectivity index (χ3v) is 4.42. The minimum Gasteiger partial charge on any atom is -0.349 e. The van der Waals surface area contributed by atoms with Crippen LogP contribution in [0.1, 0.15) is 35.6 Å². The molecule has 2 nitrogen and oxygen atoms in total. The number of aryl methyl sites for hydroxylation is 2. The van der Waals surface area contributed by atoms with E-state index in [1.165, 1.54) is 16.7 Å². The standard InChI is InChI=1S/C16H17NOS/c18-16(8-5-12-9-10-19-11-12)17-15-7-6-13-3-1-2-4-14(13)15/h1-4,9-11,15H,5-8H2,(H,17,18). The average molecular weight is 271 g/mol. The van der Waals surface area contributed by atoms with Gasteiger partial charge in [-0.2, -0.15) is 11.3 Å². The zero-order chi connectivity index (χ0) is 13.1. The second-order valence-corrected chi connectivity index (χ2v) is 5.77. The van der Waals surface area contributed by atoms with Crippen molar-refractivity contribution in [3.05, 3.63) is 57.8 Å². The summed E-state index contributed by atoms with van der Waals surface area (Å²) in [7, 11) is 0. The van der Waals surface area contributed by atoms with Gasteiger partial charge in [0.25, 0.3) is 0 Å². The molecule has 1 aromatic carbocycles. The van der Waals surface area contributed by atoms with Crippen LogP contribution in [0.25, 0.3) is 0 Å². The zero-order valence-electron chi connectivity index (χ0n) is 10.8. The number of carbonyl (C=O) groups excluding carboxylic acids is 1. The first-order valence-electron chi connectivity index (χ1n) is 6.71. The predicted octanol–water partition coefficient (Wildman–Crippen LogP) is 3.48. The fourth-order valence-corrected chi connectivity index (χ4v) is 3.37. The first kappa shape index (κ1) is 12.4. The van der Waals surface area contributed by atoms with E-state index in [-0.39, 0.29) is 11.9 Å². The Morgan fingerprint density at radius 2 is 2.21 bits per heavy atom. The molecule has 2 aromatic rings. The summed E-state index contributed by atoms with van der Waals surface area (Å²) in [4.78, 5) is 12.0. The van der Waals surface area contributed by atoms with E-state index in [2.05, 4.69) is 46.4 Å². The molecule has 0 bridgehead atoms. The molecule has 0 aliphatic heterocycles. The van der Waals surface area contributed by atoms with E-state index >= 15 is 0 Å². The summed E-state index contributed by atoms with van der Waals surface area (Å²) in [5.74, 6) is 0.160. The van der Waals surface area contributed by atoms with Gasteiger partial charge in [0.05, 0.1) is 6.04 Å². The van der Waals surface area contributed by atoms with E-state index in [4.69, 9.17) is 0 Å². The molecule has 0 fully saturated rings. The Morgan fingerprint density at radius 1 is 1.32 bits per heavy atom. The van der Waals surface area contributed by atoms with Gasteiger partial charge in [-0.1, -0.05) is 24.3 Å². The topological polar surface area (TPSA) is 29.1 Å². The highest BCUT2D eigenvalue weighted by Crippen LogP contribution is 2.30. The molecule has 1 N–H and O–H groups in total. The van der Waals surface area contributed by atoms with Crippen molar-refractivity contribution in [2.24, 2.45) is 0 Å². The van der Waals surface area contributed by atoms with E-state index < -0.39 is 0 Å². The number of thiophene rings is 1. The lowest BCUT2D eigenvalue weighted by Gasteiger charge is -2.13. The largest absolute Gasteiger partial charge is 0.349 e. The molecule has 1 aliphatic carbocycles. The molecular weight excluding hydrogens is 254 g/mol. The summed E-state index contributed by atoms with van der Waals surface area (Å²) >= 11 is 1.68. The third-order valence-electron chi connectivity index (χ3n) is 3.69. The van der Waals surface area contributed by atoms with E-state index in [1.807, 2.05) is 0 Å². The van der Waals surface area contributed by atoms with Crippen LogP contribution in [0.2, 0.25) is 0 Å². The Labute approximate surface area is 117 Å². The van der Waals surface area contributed by atoms with Crippen molar-refractivity contribution in [3.63, 3.8) is 0 Å². The van der Waals surface area contributed by atoms with Gasteiger partial charge >= 0.3 is 0 Å². The van der Waals surface area contributed by atoms with Crippen LogP contribution in [-0.4, -0.2) is 5.91 Å². The van der Waals surface area contributed by atoms with Crippen molar-refractivity contribution in [1.29, 1.82) is 0 Å². The van der Waals surface area contributed by atoms with Gasteiger partial charge in [0.15, 0.2) is 0 Å². The number of rotatable bonds is 4. The van der Waals surface area contributed by atoms with Crippen molar-refractivity contribution >= 4 is 17.2 Å². The molecule has 0 saturated carbocycles. The number of hydrogen-bond donors (Lipinski definition) is 1. The van der Waals surface area contributed by atoms with E-state index in [1.54, 1.807) is 11.3 Å². The Balaban J connectivity index is 1.56. The van der Waals surface area contributed by atoms with Crippen LogP contribution in [0, 0.1) is 0 Å². The van der Waals surface area contributed by atoms with Gasteiger partial charge in [-0.05, 0) is 52.8 Å². The van der Waals surface area contributed by atoms with Gasteiger partial charge in [-0.15, -0.1) is 0 Å². The van der Waals surface area contributed by atoms with E-state index in [0.29, 0.717) is 6.42 Å². The van der Waals surface area contributed by atoms with Crippen molar-refractivity contribution in [1.82, 2.24) is 5.32 Å². The molecule has 98 valence electrons. The molecule has 1 aromatic heterocycles. The van der Waals surface area contributed by atoms with Crippen molar-refractivity contribution in [3.8, 4) is 0 Å². The number of fused-ring (bicyclic) bond motifs is 1. The average Bonchev–Trinajstić information content (AvgIpc) is 3.07. The number of benzene rings is 1. The quantitative estimate of drug-likeness (QED) is 0.906. The summed E-state index contributed by atoms with van der Waals surface area (Å²) in [6, 6.07) is 10.7. The third kappa shape index (κ3) is 2.87. The molecule has 1 unspecified atom stereocenters. The molecule has 0 radical (unpaired) electrons. The molecule has 19 heavy (non-hydrogen) atoms. The number of amides is 1. The van der Waals surface area contributed by atoms with Gasteiger partial charge in [0.2, 0.25) is 5.91 Å². The molecule has 0 saturated heterocycles. The van der Waals surface area contributed by atoms with Crippen LogP contribution >= 0.6 is 11.3 Å². The molecule has 0 spiro atoms. The van der Waals surface area contributed by atoms with Gasteiger partial charge in [-0.3, -0.25) is 4.79 Å². The summed E-state index contributed by atoms with van der Waals surface area (Å²) in [5, 5.41) is 7.33.